The molecular formula is C17H22FN5O3S2. The molecule has 2 aromatic rings. The third kappa shape index (κ3) is 8.63. The number of hydrogen-bond acceptors (Lipinski definition) is 8. The highest BCUT2D eigenvalue weighted by Crippen LogP contribution is 2.25. The van der Waals surface area contributed by atoms with Crippen LogP contribution in [0.15, 0.2) is 28.6 Å². The van der Waals surface area contributed by atoms with Gasteiger partial charge in [0.25, 0.3) is 0 Å². The van der Waals surface area contributed by atoms with E-state index in [9.17, 15) is 14.0 Å². The minimum Gasteiger partial charge on any atom is -0.382 e. The zero-order chi connectivity index (χ0) is 20.2. The minimum atomic E-state index is -0.389. The second kappa shape index (κ2) is 12.3. The Hall–Kier alpha value is -2.24. The molecule has 11 heteroatoms. The predicted molar refractivity (Wildman–Crippen MR) is 108 cm³/mol. The van der Waals surface area contributed by atoms with E-state index in [-0.39, 0.29) is 29.9 Å². The molecule has 1 aromatic carbocycles. The summed E-state index contributed by atoms with van der Waals surface area (Å²) in [6.45, 7) is 3.92. The van der Waals surface area contributed by atoms with E-state index in [4.69, 9.17) is 4.74 Å². The first-order valence-corrected chi connectivity index (χ1v) is 10.5. The molecular weight excluding hydrogens is 405 g/mol. The molecule has 0 saturated heterocycles. The van der Waals surface area contributed by atoms with Gasteiger partial charge in [0.2, 0.25) is 16.9 Å². The molecule has 0 bridgehead atoms. The van der Waals surface area contributed by atoms with Gasteiger partial charge in [0.15, 0.2) is 4.34 Å². The number of aromatic nitrogens is 2. The standard InChI is InChI=1S/C17H22FN5O3S2/c1-2-26-9-3-8-19-16-22-23-17(28-16)27-11-15(25)20-10-14(24)21-13-6-4-12(18)5-7-13/h4-7H,2-3,8-11H2,1H3,(H,19,22)(H,20,25)(H,21,24). The molecule has 1 aromatic heterocycles. The molecule has 0 unspecified atom stereocenters. The first-order valence-electron chi connectivity index (χ1n) is 8.67. The number of rotatable bonds is 12. The summed E-state index contributed by atoms with van der Waals surface area (Å²) >= 11 is 2.61. The number of anilines is 2. The van der Waals surface area contributed by atoms with Gasteiger partial charge in [-0.25, -0.2) is 4.39 Å². The number of hydrogen-bond donors (Lipinski definition) is 3. The third-order valence-electron chi connectivity index (χ3n) is 3.25. The lowest BCUT2D eigenvalue weighted by molar-refractivity contribution is -0.122. The summed E-state index contributed by atoms with van der Waals surface area (Å²) in [5, 5.41) is 17.0. The number of nitrogens with one attached hydrogen (secondary N) is 3. The molecule has 3 N–H and O–H groups in total. The molecule has 8 nitrogen and oxygen atoms in total. The number of ether oxygens (including phenoxy) is 1. The van der Waals surface area contributed by atoms with Crippen LogP contribution in [0.4, 0.5) is 15.2 Å². The zero-order valence-electron chi connectivity index (χ0n) is 15.4. The van der Waals surface area contributed by atoms with Crippen LogP contribution in [0.2, 0.25) is 0 Å². The predicted octanol–water partition coefficient (Wildman–Crippen LogP) is 2.36. The van der Waals surface area contributed by atoms with Crippen molar-refractivity contribution >= 4 is 45.7 Å². The number of benzene rings is 1. The summed E-state index contributed by atoms with van der Waals surface area (Å²) in [4.78, 5) is 23.6. The maximum Gasteiger partial charge on any atom is 0.243 e. The van der Waals surface area contributed by atoms with Crippen molar-refractivity contribution in [2.24, 2.45) is 0 Å². The first-order chi connectivity index (χ1) is 13.6. The number of carbonyl (C=O) groups is 2. The average Bonchev–Trinajstić information content (AvgIpc) is 3.14. The Morgan fingerprint density at radius 3 is 2.75 bits per heavy atom. The highest BCUT2D eigenvalue weighted by Gasteiger charge is 2.10. The SMILES string of the molecule is CCOCCCNc1nnc(SCC(=O)NCC(=O)Nc2ccc(F)cc2)s1. The van der Waals surface area contributed by atoms with E-state index in [1.54, 1.807) is 0 Å². The molecule has 0 spiro atoms. The highest BCUT2D eigenvalue weighted by molar-refractivity contribution is 8.01. The van der Waals surface area contributed by atoms with Gasteiger partial charge in [0, 0.05) is 25.4 Å². The second-order valence-corrected chi connectivity index (χ2v) is 7.67. The van der Waals surface area contributed by atoms with Crippen molar-refractivity contribution in [2.75, 3.05) is 42.7 Å². The normalized spacial score (nSPS) is 10.5. The Kier molecular flexibility index (Phi) is 9.66. The van der Waals surface area contributed by atoms with Crippen LogP contribution in [-0.4, -0.2) is 54.1 Å². The van der Waals surface area contributed by atoms with Gasteiger partial charge in [-0.05, 0) is 37.6 Å². The van der Waals surface area contributed by atoms with Crippen molar-refractivity contribution < 1.29 is 18.7 Å². The maximum absolute atomic E-state index is 12.8. The van der Waals surface area contributed by atoms with Crippen LogP contribution < -0.4 is 16.0 Å². The Morgan fingerprint density at radius 1 is 1.21 bits per heavy atom. The number of carbonyl (C=O) groups excluding carboxylic acids is 2. The Morgan fingerprint density at radius 2 is 2.00 bits per heavy atom. The number of halogens is 1. The van der Waals surface area contributed by atoms with E-state index in [1.807, 2.05) is 6.92 Å². The van der Waals surface area contributed by atoms with Crippen LogP contribution >= 0.6 is 23.1 Å². The van der Waals surface area contributed by atoms with Crippen molar-refractivity contribution in [3.05, 3.63) is 30.1 Å². The van der Waals surface area contributed by atoms with Crippen LogP contribution in [0.25, 0.3) is 0 Å². The summed E-state index contributed by atoms with van der Waals surface area (Å²) in [7, 11) is 0. The molecule has 2 amide bonds. The molecule has 2 rings (SSSR count). The van der Waals surface area contributed by atoms with Crippen LogP contribution in [0.5, 0.6) is 0 Å². The van der Waals surface area contributed by atoms with Crippen molar-refractivity contribution in [3.8, 4) is 0 Å². The summed E-state index contributed by atoms with van der Waals surface area (Å²) in [6.07, 6.45) is 0.873. The van der Waals surface area contributed by atoms with E-state index in [2.05, 4.69) is 26.1 Å². The zero-order valence-corrected chi connectivity index (χ0v) is 17.0. The van der Waals surface area contributed by atoms with Crippen LogP contribution in [-0.2, 0) is 14.3 Å². The molecule has 152 valence electrons. The van der Waals surface area contributed by atoms with E-state index >= 15 is 0 Å². The Labute approximate surface area is 170 Å². The lowest BCUT2D eigenvalue weighted by Crippen LogP contribution is -2.33. The molecule has 0 radical (unpaired) electrons. The summed E-state index contributed by atoms with van der Waals surface area (Å²) in [5.74, 6) is -0.938. The smallest absolute Gasteiger partial charge is 0.243 e. The van der Waals surface area contributed by atoms with Crippen molar-refractivity contribution in [1.82, 2.24) is 15.5 Å². The van der Waals surface area contributed by atoms with Gasteiger partial charge in [-0.15, -0.1) is 10.2 Å². The van der Waals surface area contributed by atoms with Gasteiger partial charge in [-0.3, -0.25) is 9.59 Å². The van der Waals surface area contributed by atoms with Crippen molar-refractivity contribution in [3.63, 3.8) is 0 Å². The van der Waals surface area contributed by atoms with Crippen LogP contribution in [0.3, 0.4) is 0 Å². The van der Waals surface area contributed by atoms with Gasteiger partial charge in [0.05, 0.1) is 12.3 Å². The largest absolute Gasteiger partial charge is 0.382 e. The van der Waals surface area contributed by atoms with Crippen molar-refractivity contribution in [1.29, 1.82) is 0 Å². The lowest BCUT2D eigenvalue weighted by atomic mass is 10.3. The lowest BCUT2D eigenvalue weighted by Gasteiger charge is -2.06. The van der Waals surface area contributed by atoms with Crippen LogP contribution in [0, 0.1) is 5.82 Å². The average molecular weight is 428 g/mol. The fourth-order valence-electron chi connectivity index (χ4n) is 1.95. The molecule has 0 atom stereocenters. The fraction of sp³-hybridized carbons (Fsp3) is 0.412. The molecule has 28 heavy (non-hydrogen) atoms. The number of amides is 2. The third-order valence-corrected chi connectivity index (χ3v) is 5.27. The number of thioether (sulfide) groups is 1. The molecule has 0 aliphatic carbocycles. The monoisotopic (exact) mass is 427 g/mol. The molecule has 0 aliphatic heterocycles. The van der Waals surface area contributed by atoms with E-state index in [1.165, 1.54) is 47.4 Å². The summed E-state index contributed by atoms with van der Waals surface area (Å²) in [6, 6.07) is 5.38. The molecule has 0 saturated carbocycles. The number of nitrogens with zero attached hydrogens (tertiary/aromatic N) is 2. The maximum atomic E-state index is 12.8. The van der Waals surface area contributed by atoms with E-state index in [0.717, 1.165) is 13.0 Å². The molecule has 0 fully saturated rings. The van der Waals surface area contributed by atoms with E-state index in [0.29, 0.717) is 28.4 Å². The van der Waals surface area contributed by atoms with Gasteiger partial charge in [-0.2, -0.15) is 0 Å². The molecule has 1 heterocycles. The Balaban J connectivity index is 1.61. The van der Waals surface area contributed by atoms with Gasteiger partial charge in [0.1, 0.15) is 5.82 Å². The van der Waals surface area contributed by atoms with Gasteiger partial charge < -0.3 is 20.7 Å². The topological polar surface area (TPSA) is 105 Å². The summed E-state index contributed by atoms with van der Waals surface area (Å²) in [5.41, 5.74) is 0.463. The minimum absolute atomic E-state index is 0.128. The van der Waals surface area contributed by atoms with Crippen LogP contribution in [0.1, 0.15) is 13.3 Å². The first kappa shape index (κ1) is 22.1. The van der Waals surface area contributed by atoms with E-state index < -0.39 is 0 Å². The van der Waals surface area contributed by atoms with Crippen molar-refractivity contribution in [2.45, 2.75) is 17.7 Å². The fourth-order valence-corrected chi connectivity index (χ4v) is 3.56. The van der Waals surface area contributed by atoms with Gasteiger partial charge >= 0.3 is 0 Å². The van der Waals surface area contributed by atoms with Gasteiger partial charge in [-0.1, -0.05) is 23.1 Å². The highest BCUT2D eigenvalue weighted by atomic mass is 32.2. The Bertz CT molecular complexity index is 758. The molecule has 0 aliphatic rings. The summed E-state index contributed by atoms with van der Waals surface area (Å²) < 4.78 is 18.7. The quantitative estimate of drug-likeness (QED) is 0.353. The second-order valence-electron chi connectivity index (χ2n) is 5.47.